The molecule has 1 saturated heterocycles. The van der Waals surface area contributed by atoms with Gasteiger partial charge in [-0.1, -0.05) is 0 Å². The van der Waals surface area contributed by atoms with Crippen molar-refractivity contribution in [2.24, 2.45) is 12.0 Å². The van der Waals surface area contributed by atoms with Crippen molar-refractivity contribution in [3.63, 3.8) is 0 Å². The summed E-state index contributed by atoms with van der Waals surface area (Å²) in [5.74, 6) is 1.74. The van der Waals surface area contributed by atoms with Gasteiger partial charge < -0.3 is 20.3 Å². The van der Waals surface area contributed by atoms with E-state index in [-0.39, 0.29) is 0 Å². The molecular weight excluding hydrogens is 366 g/mol. The number of rotatable bonds is 8. The van der Waals surface area contributed by atoms with Crippen molar-refractivity contribution in [1.82, 2.24) is 25.3 Å². The molecule has 2 aromatic rings. The van der Waals surface area contributed by atoms with Gasteiger partial charge in [0.15, 0.2) is 5.96 Å². The van der Waals surface area contributed by atoms with Crippen LogP contribution in [0.3, 0.4) is 0 Å². The molecule has 2 N–H and O–H groups in total. The van der Waals surface area contributed by atoms with Crippen LogP contribution in [0.25, 0.3) is 0 Å². The molecule has 2 heterocycles. The Labute approximate surface area is 173 Å². The van der Waals surface area contributed by atoms with Crippen molar-refractivity contribution in [3.8, 4) is 5.75 Å². The monoisotopic (exact) mass is 399 g/mol. The van der Waals surface area contributed by atoms with Gasteiger partial charge in [0.05, 0.1) is 19.3 Å². The van der Waals surface area contributed by atoms with Crippen LogP contribution in [-0.2, 0) is 13.6 Å². The number of guanidine groups is 1. The third-order valence-electron chi connectivity index (χ3n) is 5.34. The van der Waals surface area contributed by atoms with Crippen molar-refractivity contribution >= 4 is 11.6 Å². The first kappa shape index (κ1) is 21.0. The summed E-state index contributed by atoms with van der Waals surface area (Å²) in [5.41, 5.74) is 2.40. The second-order valence-corrected chi connectivity index (χ2v) is 7.18. The molecule has 0 unspecified atom stereocenters. The van der Waals surface area contributed by atoms with Crippen molar-refractivity contribution in [1.29, 1.82) is 0 Å². The molecule has 0 radical (unpaired) electrons. The van der Waals surface area contributed by atoms with Gasteiger partial charge in [-0.05, 0) is 43.3 Å². The minimum Gasteiger partial charge on any atom is -0.497 e. The third kappa shape index (κ3) is 6.12. The van der Waals surface area contributed by atoms with Gasteiger partial charge in [-0.2, -0.15) is 5.10 Å². The van der Waals surface area contributed by atoms with Crippen molar-refractivity contribution < 1.29 is 4.74 Å². The number of aryl methyl sites for hydroxylation is 1. The molecule has 0 saturated carbocycles. The van der Waals surface area contributed by atoms with Crippen LogP contribution in [0.15, 0.2) is 41.5 Å². The van der Waals surface area contributed by atoms with Gasteiger partial charge in [0.2, 0.25) is 0 Å². The summed E-state index contributed by atoms with van der Waals surface area (Å²) in [7, 11) is 5.45. The van der Waals surface area contributed by atoms with E-state index in [1.807, 2.05) is 36.1 Å². The van der Waals surface area contributed by atoms with Crippen LogP contribution < -0.4 is 20.3 Å². The van der Waals surface area contributed by atoms with Crippen molar-refractivity contribution in [2.75, 3.05) is 58.3 Å². The highest BCUT2D eigenvalue weighted by atomic mass is 16.5. The molecule has 8 nitrogen and oxygen atoms in total. The Morgan fingerprint density at radius 1 is 1.10 bits per heavy atom. The molecule has 0 atom stereocenters. The summed E-state index contributed by atoms with van der Waals surface area (Å²) in [6.45, 7) is 7.04. The average Bonchev–Trinajstić information content (AvgIpc) is 3.18. The number of methoxy groups -OCH3 is 1. The van der Waals surface area contributed by atoms with Crippen LogP contribution in [0, 0.1) is 0 Å². The van der Waals surface area contributed by atoms with E-state index in [4.69, 9.17) is 4.74 Å². The van der Waals surface area contributed by atoms with Gasteiger partial charge in [-0.3, -0.25) is 14.6 Å². The van der Waals surface area contributed by atoms with E-state index in [0.717, 1.165) is 63.1 Å². The van der Waals surface area contributed by atoms with Gasteiger partial charge in [-0.15, -0.1) is 0 Å². The first-order valence-corrected chi connectivity index (χ1v) is 10.2. The minimum atomic E-state index is 0.712. The lowest BCUT2D eigenvalue weighted by Crippen LogP contribution is -2.47. The van der Waals surface area contributed by atoms with E-state index in [9.17, 15) is 0 Å². The predicted octanol–water partition coefficient (Wildman–Crippen LogP) is 1.31. The maximum Gasteiger partial charge on any atom is 0.191 e. The average molecular weight is 400 g/mol. The Morgan fingerprint density at radius 2 is 1.86 bits per heavy atom. The van der Waals surface area contributed by atoms with E-state index < -0.39 is 0 Å². The van der Waals surface area contributed by atoms with Gasteiger partial charge in [0, 0.05) is 58.7 Å². The molecule has 0 spiro atoms. The summed E-state index contributed by atoms with van der Waals surface area (Å²) in [5, 5.41) is 10.9. The highest BCUT2D eigenvalue weighted by Crippen LogP contribution is 2.20. The first-order valence-electron chi connectivity index (χ1n) is 10.2. The summed E-state index contributed by atoms with van der Waals surface area (Å²) in [4.78, 5) is 9.27. The fourth-order valence-corrected chi connectivity index (χ4v) is 3.50. The van der Waals surface area contributed by atoms with E-state index in [1.165, 1.54) is 5.69 Å². The summed E-state index contributed by atoms with van der Waals surface area (Å²) in [6.07, 6.45) is 2.90. The molecule has 0 aliphatic carbocycles. The van der Waals surface area contributed by atoms with Gasteiger partial charge in [0.25, 0.3) is 0 Å². The molecule has 0 amide bonds. The molecule has 1 fully saturated rings. The normalized spacial score (nSPS) is 15.4. The Kier molecular flexibility index (Phi) is 7.75. The van der Waals surface area contributed by atoms with E-state index in [1.54, 1.807) is 14.2 Å². The molecular formula is C21H33N7O. The van der Waals surface area contributed by atoms with E-state index in [2.05, 4.69) is 42.7 Å². The molecule has 1 aliphatic heterocycles. The molecule has 29 heavy (non-hydrogen) atoms. The Morgan fingerprint density at radius 3 is 2.48 bits per heavy atom. The zero-order chi connectivity index (χ0) is 20.5. The van der Waals surface area contributed by atoms with Gasteiger partial charge in [-0.25, -0.2) is 0 Å². The molecule has 1 aromatic carbocycles. The lowest BCUT2D eigenvalue weighted by Gasteiger charge is -2.36. The summed E-state index contributed by atoms with van der Waals surface area (Å²) >= 11 is 0. The lowest BCUT2D eigenvalue weighted by atomic mass is 10.2. The van der Waals surface area contributed by atoms with Gasteiger partial charge >= 0.3 is 0 Å². The van der Waals surface area contributed by atoms with Gasteiger partial charge in [0.1, 0.15) is 5.75 Å². The lowest BCUT2D eigenvalue weighted by molar-refractivity contribution is 0.255. The highest BCUT2D eigenvalue weighted by molar-refractivity contribution is 5.79. The maximum atomic E-state index is 5.24. The molecule has 1 aromatic heterocycles. The Hall–Kier alpha value is -2.74. The Balaban J connectivity index is 1.31. The van der Waals surface area contributed by atoms with Crippen LogP contribution in [0.1, 0.15) is 12.1 Å². The van der Waals surface area contributed by atoms with Crippen LogP contribution in [0.5, 0.6) is 5.75 Å². The number of aliphatic imine (C=N–C) groups is 1. The SMILES string of the molecule is CN=C(NCCCN1CCN(c2ccc(OC)cc2)CC1)NCc1ccnn1C. The number of aromatic nitrogens is 2. The molecule has 158 valence electrons. The molecule has 8 heteroatoms. The van der Waals surface area contributed by atoms with Crippen LogP contribution >= 0.6 is 0 Å². The first-order chi connectivity index (χ1) is 14.2. The number of ether oxygens (including phenoxy) is 1. The topological polar surface area (TPSA) is 70.0 Å². The highest BCUT2D eigenvalue weighted by Gasteiger charge is 2.16. The second kappa shape index (κ2) is 10.7. The van der Waals surface area contributed by atoms with Crippen LogP contribution in [-0.4, -0.2) is 74.1 Å². The molecule has 0 bridgehead atoms. The fraction of sp³-hybridized carbons (Fsp3) is 0.524. The van der Waals surface area contributed by atoms with Crippen molar-refractivity contribution in [2.45, 2.75) is 13.0 Å². The standard InChI is InChI=1S/C21H33N7O/c1-22-21(24-17-19-9-11-25-26(19)2)23-10-4-12-27-13-15-28(16-14-27)18-5-7-20(29-3)8-6-18/h5-9,11H,4,10,12-17H2,1-3H3,(H2,22,23,24). The zero-order valence-corrected chi connectivity index (χ0v) is 17.8. The molecule has 1 aliphatic rings. The number of hydrogen-bond acceptors (Lipinski definition) is 5. The number of piperazine rings is 1. The van der Waals surface area contributed by atoms with Crippen LogP contribution in [0.4, 0.5) is 5.69 Å². The molecule has 3 rings (SSSR count). The zero-order valence-electron chi connectivity index (χ0n) is 17.8. The number of nitrogens with one attached hydrogen (secondary N) is 2. The predicted molar refractivity (Wildman–Crippen MR) is 118 cm³/mol. The quantitative estimate of drug-likeness (QED) is 0.396. The maximum absolute atomic E-state index is 5.24. The summed E-state index contributed by atoms with van der Waals surface area (Å²) < 4.78 is 7.11. The van der Waals surface area contributed by atoms with E-state index >= 15 is 0 Å². The number of benzene rings is 1. The largest absolute Gasteiger partial charge is 0.497 e. The smallest absolute Gasteiger partial charge is 0.191 e. The van der Waals surface area contributed by atoms with Crippen LogP contribution in [0.2, 0.25) is 0 Å². The minimum absolute atomic E-state index is 0.712. The second-order valence-electron chi connectivity index (χ2n) is 7.18. The fourth-order valence-electron chi connectivity index (χ4n) is 3.50. The number of hydrogen-bond donors (Lipinski definition) is 2. The third-order valence-corrected chi connectivity index (χ3v) is 5.34. The number of anilines is 1. The van der Waals surface area contributed by atoms with E-state index in [0.29, 0.717) is 6.54 Å². The Bertz CT molecular complexity index is 764. The number of nitrogens with zero attached hydrogens (tertiary/aromatic N) is 5. The summed E-state index contributed by atoms with van der Waals surface area (Å²) in [6, 6.07) is 10.3. The van der Waals surface area contributed by atoms with Crippen molar-refractivity contribution in [3.05, 3.63) is 42.2 Å².